The van der Waals surface area contributed by atoms with Crippen molar-refractivity contribution in [3.63, 3.8) is 0 Å². The molecule has 1 unspecified atom stereocenters. The van der Waals surface area contributed by atoms with E-state index in [1.807, 2.05) is 19.0 Å². The van der Waals surface area contributed by atoms with Gasteiger partial charge >= 0.3 is 11.9 Å². The molecule has 2 aromatic carbocycles. The lowest BCUT2D eigenvalue weighted by Gasteiger charge is -2.32. The van der Waals surface area contributed by atoms with Crippen LogP contribution in [0.15, 0.2) is 60.9 Å². The molecule has 1 atom stereocenters. The number of rotatable bonds is 11. The van der Waals surface area contributed by atoms with Crippen LogP contribution in [0.3, 0.4) is 0 Å². The molecule has 4 aromatic rings. The quantitative estimate of drug-likeness (QED) is 0.226. The molecule has 3 heterocycles. The van der Waals surface area contributed by atoms with Crippen LogP contribution in [-0.4, -0.2) is 58.2 Å². The maximum Gasteiger partial charge on any atom is 0.374 e. The first-order chi connectivity index (χ1) is 21.0. The van der Waals surface area contributed by atoms with Crippen molar-refractivity contribution in [2.45, 2.75) is 39.5 Å². The highest BCUT2D eigenvalue weighted by Crippen LogP contribution is 2.35. The summed E-state index contributed by atoms with van der Waals surface area (Å²) in [6, 6.07) is 10.3. The van der Waals surface area contributed by atoms with Gasteiger partial charge in [0.2, 0.25) is 12.1 Å². The van der Waals surface area contributed by atoms with Gasteiger partial charge in [0.1, 0.15) is 46.7 Å². The van der Waals surface area contributed by atoms with Crippen LogP contribution in [0.2, 0.25) is 0 Å². The molecule has 1 aliphatic heterocycles. The number of fused-ring (bicyclic) bond motifs is 2. The average Bonchev–Trinajstić information content (AvgIpc) is 2.95. The average molecular weight is 610 g/mol. The van der Waals surface area contributed by atoms with Gasteiger partial charge in [0.25, 0.3) is 0 Å². The molecule has 1 aliphatic rings. The van der Waals surface area contributed by atoms with Gasteiger partial charge in [-0.05, 0) is 26.0 Å². The minimum atomic E-state index is -0.948. The van der Waals surface area contributed by atoms with Gasteiger partial charge in [0.05, 0.1) is 6.61 Å². The normalized spacial score (nSPS) is 16.7. The van der Waals surface area contributed by atoms with Crippen molar-refractivity contribution in [2.75, 3.05) is 38.8 Å². The van der Waals surface area contributed by atoms with E-state index in [-0.39, 0.29) is 70.2 Å². The number of anilines is 1. The lowest BCUT2D eigenvalue weighted by molar-refractivity contribution is -0.387. The SMILES string of the molecule is CCOC(=O)c1cc(=O)c2c(OCC(COc3cc(N(C)C)cc4oc(C5OC(C)O5)cc(=O)c34)OC(C)=O)cccc2o1. The molecule has 0 spiro atoms. The van der Waals surface area contributed by atoms with Crippen LogP contribution >= 0.6 is 0 Å². The summed E-state index contributed by atoms with van der Waals surface area (Å²) in [5, 5.41) is 0.272. The number of esters is 2. The molecule has 232 valence electrons. The Hall–Kier alpha value is -4.88. The van der Waals surface area contributed by atoms with E-state index in [0.717, 1.165) is 6.07 Å². The number of benzene rings is 2. The lowest BCUT2D eigenvalue weighted by atomic mass is 10.1. The molecule has 13 heteroatoms. The van der Waals surface area contributed by atoms with Crippen LogP contribution in [0.1, 0.15) is 43.4 Å². The van der Waals surface area contributed by atoms with E-state index in [4.69, 9.17) is 37.3 Å². The van der Waals surface area contributed by atoms with Crippen molar-refractivity contribution < 1.29 is 46.8 Å². The first-order valence-electron chi connectivity index (χ1n) is 13.8. The van der Waals surface area contributed by atoms with E-state index >= 15 is 0 Å². The lowest BCUT2D eigenvalue weighted by Crippen LogP contribution is -2.32. The van der Waals surface area contributed by atoms with Crippen LogP contribution in [0, 0.1) is 0 Å². The van der Waals surface area contributed by atoms with Gasteiger partial charge < -0.3 is 42.2 Å². The zero-order valence-electron chi connectivity index (χ0n) is 24.7. The molecule has 0 amide bonds. The smallest absolute Gasteiger partial charge is 0.374 e. The number of carbonyl (C=O) groups is 2. The third kappa shape index (κ3) is 6.53. The van der Waals surface area contributed by atoms with E-state index in [2.05, 4.69) is 0 Å². The molecule has 0 N–H and O–H groups in total. The molecular weight excluding hydrogens is 578 g/mol. The van der Waals surface area contributed by atoms with E-state index in [1.54, 1.807) is 38.1 Å². The summed E-state index contributed by atoms with van der Waals surface area (Å²) in [6.07, 6.45) is -2.14. The van der Waals surface area contributed by atoms with Crippen molar-refractivity contribution in [3.05, 3.63) is 74.4 Å². The predicted octanol–water partition coefficient (Wildman–Crippen LogP) is 3.92. The molecule has 44 heavy (non-hydrogen) atoms. The molecule has 5 rings (SSSR count). The van der Waals surface area contributed by atoms with Gasteiger partial charge in [-0.25, -0.2) is 4.79 Å². The van der Waals surface area contributed by atoms with Crippen molar-refractivity contribution in [2.24, 2.45) is 0 Å². The zero-order valence-corrected chi connectivity index (χ0v) is 24.7. The maximum atomic E-state index is 13.2. The van der Waals surface area contributed by atoms with E-state index in [0.29, 0.717) is 5.69 Å². The standard InChI is InChI=1S/C31H31NO12/c1-6-37-30(36)26-12-20(34)28-22(8-7-9-23(28)43-26)38-14-19(40-16(2)33)15-39-24-10-18(32(4)5)11-25-29(24)21(35)13-27(44-25)31-41-17(3)42-31/h7-13,17,19,31H,6,14-15H2,1-5H3. The highest BCUT2D eigenvalue weighted by molar-refractivity contribution is 5.90. The van der Waals surface area contributed by atoms with E-state index in [9.17, 15) is 19.2 Å². The second kappa shape index (κ2) is 12.8. The van der Waals surface area contributed by atoms with Gasteiger partial charge in [0, 0.05) is 51.0 Å². The second-order valence-electron chi connectivity index (χ2n) is 10.1. The minimum absolute atomic E-state index is 0.0925. The number of hydrogen-bond acceptors (Lipinski definition) is 13. The van der Waals surface area contributed by atoms with E-state index in [1.165, 1.54) is 19.1 Å². The number of carbonyl (C=O) groups excluding carboxylic acids is 2. The number of hydrogen-bond donors (Lipinski definition) is 0. The predicted molar refractivity (Wildman–Crippen MR) is 156 cm³/mol. The van der Waals surface area contributed by atoms with Gasteiger partial charge in [-0.1, -0.05) is 6.07 Å². The summed E-state index contributed by atoms with van der Waals surface area (Å²) in [5.41, 5.74) is 0.157. The Morgan fingerprint density at radius 3 is 2.25 bits per heavy atom. The third-order valence-corrected chi connectivity index (χ3v) is 6.55. The molecule has 13 nitrogen and oxygen atoms in total. The zero-order chi connectivity index (χ0) is 31.5. The Kier molecular flexibility index (Phi) is 8.88. The molecule has 0 radical (unpaired) electrons. The van der Waals surface area contributed by atoms with Crippen LogP contribution in [0.4, 0.5) is 5.69 Å². The highest BCUT2D eigenvalue weighted by Gasteiger charge is 2.32. The summed E-state index contributed by atoms with van der Waals surface area (Å²) < 4.78 is 44.7. The first-order valence-corrected chi connectivity index (χ1v) is 13.8. The molecule has 1 fully saturated rings. The summed E-state index contributed by atoms with van der Waals surface area (Å²) >= 11 is 0. The maximum absolute atomic E-state index is 13.2. The fourth-order valence-corrected chi connectivity index (χ4v) is 4.56. The Balaban J connectivity index is 1.40. The topological polar surface area (TPSA) is 153 Å². The fourth-order valence-electron chi connectivity index (χ4n) is 4.56. The molecule has 1 saturated heterocycles. The van der Waals surface area contributed by atoms with Gasteiger partial charge in [-0.2, -0.15) is 0 Å². The minimum Gasteiger partial charge on any atom is -0.489 e. The van der Waals surface area contributed by atoms with Gasteiger partial charge in [0.15, 0.2) is 29.0 Å². The third-order valence-electron chi connectivity index (χ3n) is 6.55. The Morgan fingerprint density at radius 2 is 1.59 bits per heavy atom. The van der Waals surface area contributed by atoms with Crippen LogP contribution < -0.4 is 25.2 Å². The van der Waals surface area contributed by atoms with Crippen molar-refractivity contribution in [1.82, 2.24) is 0 Å². The molecule has 2 aromatic heterocycles. The fraction of sp³-hybridized carbons (Fsp3) is 0.355. The molecule has 0 saturated carbocycles. The first kappa shape index (κ1) is 30.6. The van der Waals surface area contributed by atoms with Crippen molar-refractivity contribution in [1.29, 1.82) is 0 Å². The van der Waals surface area contributed by atoms with Gasteiger partial charge in [-0.3, -0.25) is 14.4 Å². The van der Waals surface area contributed by atoms with Gasteiger partial charge in [-0.15, -0.1) is 0 Å². The van der Waals surface area contributed by atoms with Crippen molar-refractivity contribution in [3.8, 4) is 11.5 Å². The Morgan fingerprint density at radius 1 is 0.909 bits per heavy atom. The summed E-state index contributed by atoms with van der Waals surface area (Å²) in [4.78, 5) is 51.9. The van der Waals surface area contributed by atoms with Crippen LogP contribution in [0.5, 0.6) is 11.5 Å². The van der Waals surface area contributed by atoms with Crippen LogP contribution in [0.25, 0.3) is 21.9 Å². The van der Waals surface area contributed by atoms with E-state index < -0.39 is 36.1 Å². The molecule has 0 bridgehead atoms. The number of nitrogens with zero attached hydrogens (tertiary/aromatic N) is 1. The highest BCUT2D eigenvalue weighted by atomic mass is 16.9. The molecule has 0 aliphatic carbocycles. The van der Waals surface area contributed by atoms with Crippen molar-refractivity contribution >= 4 is 39.6 Å². The largest absolute Gasteiger partial charge is 0.489 e. The second-order valence-corrected chi connectivity index (χ2v) is 10.1. The van der Waals surface area contributed by atoms with Crippen LogP contribution in [-0.2, 0) is 23.7 Å². The summed E-state index contributed by atoms with van der Waals surface area (Å²) in [7, 11) is 3.64. The monoisotopic (exact) mass is 609 g/mol. The Labute approximate surface area is 250 Å². The molecular formula is C31H31NO12. The number of ether oxygens (including phenoxy) is 6. The summed E-state index contributed by atoms with van der Waals surface area (Å²) in [6.45, 7) is 4.31. The summed E-state index contributed by atoms with van der Waals surface area (Å²) in [5.74, 6) is -1.03. The Bertz CT molecular complexity index is 1820.